The van der Waals surface area contributed by atoms with Crippen molar-refractivity contribution in [3.8, 4) is 0 Å². The molecule has 0 N–H and O–H groups in total. The van der Waals surface area contributed by atoms with Gasteiger partial charge in [0.25, 0.3) is 0 Å². The second-order valence-electron chi connectivity index (χ2n) is 4.00. The fourth-order valence-corrected chi connectivity index (χ4v) is 2.55. The number of methoxy groups -OCH3 is 1. The van der Waals surface area contributed by atoms with Gasteiger partial charge in [0.05, 0.1) is 23.7 Å². The highest BCUT2D eigenvalue weighted by molar-refractivity contribution is 9.10. The Hall–Kier alpha value is -1.07. The summed E-state index contributed by atoms with van der Waals surface area (Å²) in [7, 11) is 1.32. The molecule has 0 aromatic heterocycles. The molecule has 0 spiro atoms. The Morgan fingerprint density at radius 3 is 2.94 bits per heavy atom. The second-order valence-corrected chi connectivity index (χ2v) is 5.23. The van der Waals surface area contributed by atoms with E-state index in [1.807, 2.05) is 0 Å². The summed E-state index contributed by atoms with van der Waals surface area (Å²) >= 11 is 9.45. The molecule has 1 saturated heterocycles. The average molecular weight is 333 g/mol. The number of hydrogen-bond acceptors (Lipinski definition) is 3. The van der Waals surface area contributed by atoms with Gasteiger partial charge in [0.15, 0.2) is 0 Å². The molecule has 1 fully saturated rings. The van der Waals surface area contributed by atoms with Crippen LogP contribution in [0.25, 0.3) is 0 Å². The number of amides is 1. The molecule has 1 unspecified atom stereocenters. The summed E-state index contributed by atoms with van der Waals surface area (Å²) in [6.45, 7) is 0.307. The Kier molecular flexibility index (Phi) is 3.92. The second kappa shape index (κ2) is 5.28. The van der Waals surface area contributed by atoms with Crippen LogP contribution in [0.4, 0.5) is 5.69 Å². The van der Waals surface area contributed by atoms with Gasteiger partial charge in [-0.1, -0.05) is 17.7 Å². The van der Waals surface area contributed by atoms with Gasteiger partial charge in [-0.15, -0.1) is 0 Å². The summed E-state index contributed by atoms with van der Waals surface area (Å²) in [5.41, 5.74) is 0.613. The zero-order valence-corrected chi connectivity index (χ0v) is 12.0. The fraction of sp³-hybridized carbons (Fsp3) is 0.333. The number of carbonyl (C=O) groups is 2. The number of anilines is 1. The van der Waals surface area contributed by atoms with Crippen LogP contribution in [0.5, 0.6) is 0 Å². The van der Waals surface area contributed by atoms with Gasteiger partial charge < -0.3 is 9.64 Å². The van der Waals surface area contributed by atoms with Gasteiger partial charge in [0.2, 0.25) is 5.91 Å². The first-order valence-corrected chi connectivity index (χ1v) is 6.54. The van der Waals surface area contributed by atoms with Crippen LogP contribution in [0, 0.1) is 5.92 Å². The standard InChI is InChI=1S/C12H11BrClNO3/c1-18-12(17)7-5-10(16)15(6-7)9-4-2-3-8(13)11(9)14/h2-4,7H,5-6H2,1H3. The molecule has 18 heavy (non-hydrogen) atoms. The van der Waals surface area contributed by atoms with E-state index >= 15 is 0 Å². The number of nitrogens with zero attached hydrogens (tertiary/aromatic N) is 1. The lowest BCUT2D eigenvalue weighted by Crippen LogP contribution is -2.26. The maximum atomic E-state index is 11.9. The Labute approximate surface area is 118 Å². The monoisotopic (exact) mass is 331 g/mol. The van der Waals surface area contributed by atoms with Crippen LogP contribution in [0.15, 0.2) is 22.7 Å². The third kappa shape index (κ3) is 2.37. The highest BCUT2D eigenvalue weighted by Crippen LogP contribution is 2.35. The van der Waals surface area contributed by atoms with Crippen molar-refractivity contribution in [3.63, 3.8) is 0 Å². The number of esters is 1. The molecule has 1 aliphatic rings. The lowest BCUT2D eigenvalue weighted by molar-refractivity contribution is -0.145. The Balaban J connectivity index is 2.27. The molecule has 4 nitrogen and oxygen atoms in total. The highest BCUT2D eigenvalue weighted by Gasteiger charge is 2.36. The third-order valence-electron chi connectivity index (χ3n) is 2.88. The summed E-state index contributed by atoms with van der Waals surface area (Å²) < 4.78 is 5.38. The first-order valence-electron chi connectivity index (χ1n) is 5.36. The van der Waals surface area contributed by atoms with Gasteiger partial charge in [0.1, 0.15) is 0 Å². The van der Waals surface area contributed by atoms with Crippen molar-refractivity contribution in [2.24, 2.45) is 5.92 Å². The predicted octanol–water partition coefficient (Wildman–Crippen LogP) is 2.63. The summed E-state index contributed by atoms with van der Waals surface area (Å²) in [6, 6.07) is 5.35. The molecule has 0 radical (unpaired) electrons. The molecule has 0 bridgehead atoms. The molecular weight excluding hydrogens is 321 g/mol. The quantitative estimate of drug-likeness (QED) is 0.782. The molecular formula is C12H11BrClNO3. The van der Waals surface area contributed by atoms with Gasteiger partial charge in [-0.05, 0) is 28.1 Å². The zero-order valence-electron chi connectivity index (χ0n) is 9.65. The van der Waals surface area contributed by atoms with E-state index < -0.39 is 5.92 Å². The summed E-state index contributed by atoms with van der Waals surface area (Å²) in [5, 5.41) is 0.469. The van der Waals surface area contributed by atoms with Crippen LogP contribution in [0.2, 0.25) is 5.02 Å². The van der Waals surface area contributed by atoms with E-state index in [0.717, 1.165) is 4.47 Å². The van der Waals surface area contributed by atoms with Gasteiger partial charge in [0, 0.05) is 17.4 Å². The Morgan fingerprint density at radius 1 is 1.56 bits per heavy atom. The van der Waals surface area contributed by atoms with Crippen molar-refractivity contribution < 1.29 is 14.3 Å². The van der Waals surface area contributed by atoms with Crippen molar-refractivity contribution in [2.45, 2.75) is 6.42 Å². The minimum Gasteiger partial charge on any atom is -0.469 e. The molecule has 1 aromatic rings. The van der Waals surface area contributed by atoms with Gasteiger partial charge in [-0.25, -0.2) is 0 Å². The molecule has 1 atom stereocenters. The molecule has 2 rings (SSSR count). The van der Waals surface area contributed by atoms with Gasteiger partial charge in [-0.3, -0.25) is 9.59 Å². The normalized spacial score (nSPS) is 19.2. The molecule has 1 aliphatic heterocycles. The van der Waals surface area contributed by atoms with Crippen LogP contribution in [-0.2, 0) is 14.3 Å². The van der Waals surface area contributed by atoms with E-state index in [1.54, 1.807) is 18.2 Å². The zero-order chi connectivity index (χ0) is 13.3. The average Bonchev–Trinajstić information content (AvgIpc) is 2.74. The van der Waals surface area contributed by atoms with Crippen LogP contribution in [0.1, 0.15) is 6.42 Å². The number of benzene rings is 1. The topological polar surface area (TPSA) is 46.6 Å². The van der Waals surface area contributed by atoms with E-state index in [4.69, 9.17) is 11.6 Å². The van der Waals surface area contributed by atoms with Crippen molar-refractivity contribution in [2.75, 3.05) is 18.6 Å². The van der Waals surface area contributed by atoms with Crippen molar-refractivity contribution in [1.82, 2.24) is 0 Å². The SMILES string of the molecule is COC(=O)C1CC(=O)N(c2cccc(Br)c2Cl)C1. The number of ether oxygens (including phenoxy) is 1. The number of halogens is 2. The Morgan fingerprint density at radius 2 is 2.28 bits per heavy atom. The molecule has 0 saturated carbocycles. The van der Waals surface area contributed by atoms with Crippen LogP contribution in [-0.4, -0.2) is 25.5 Å². The molecule has 0 aliphatic carbocycles. The van der Waals surface area contributed by atoms with Crippen LogP contribution >= 0.6 is 27.5 Å². The number of carbonyl (C=O) groups excluding carboxylic acids is 2. The van der Waals surface area contributed by atoms with E-state index in [9.17, 15) is 9.59 Å². The number of hydrogen-bond donors (Lipinski definition) is 0. The first kappa shape index (κ1) is 13.4. The van der Waals surface area contributed by atoms with Crippen molar-refractivity contribution >= 4 is 45.1 Å². The van der Waals surface area contributed by atoms with E-state index in [2.05, 4.69) is 20.7 Å². The first-order chi connectivity index (χ1) is 8.54. The maximum absolute atomic E-state index is 11.9. The van der Waals surface area contributed by atoms with Gasteiger partial charge >= 0.3 is 5.97 Å². The summed E-state index contributed by atoms with van der Waals surface area (Å²) in [5.74, 6) is -0.903. The lowest BCUT2D eigenvalue weighted by atomic mass is 10.1. The summed E-state index contributed by atoms with van der Waals surface area (Å²) in [4.78, 5) is 24.9. The fourth-order valence-electron chi connectivity index (χ4n) is 1.97. The third-order valence-corrected chi connectivity index (χ3v) is 4.17. The Bertz CT molecular complexity index is 506. The smallest absolute Gasteiger partial charge is 0.311 e. The minimum absolute atomic E-state index is 0.120. The number of rotatable bonds is 2. The maximum Gasteiger partial charge on any atom is 0.311 e. The summed E-state index contributed by atoms with van der Waals surface area (Å²) in [6.07, 6.45) is 0.162. The van der Waals surface area contributed by atoms with Crippen LogP contribution in [0.3, 0.4) is 0 Å². The lowest BCUT2D eigenvalue weighted by Gasteiger charge is -2.18. The molecule has 1 heterocycles. The van der Waals surface area contributed by atoms with Crippen molar-refractivity contribution in [1.29, 1.82) is 0 Å². The van der Waals surface area contributed by atoms with Crippen molar-refractivity contribution in [3.05, 3.63) is 27.7 Å². The van der Waals surface area contributed by atoms with E-state index in [0.29, 0.717) is 17.3 Å². The molecule has 6 heteroatoms. The largest absolute Gasteiger partial charge is 0.469 e. The molecule has 1 aromatic carbocycles. The van der Waals surface area contributed by atoms with E-state index in [-0.39, 0.29) is 18.3 Å². The molecule has 1 amide bonds. The highest BCUT2D eigenvalue weighted by atomic mass is 79.9. The van der Waals surface area contributed by atoms with Crippen LogP contribution < -0.4 is 4.90 Å². The molecule has 96 valence electrons. The predicted molar refractivity (Wildman–Crippen MR) is 71.6 cm³/mol. The minimum atomic E-state index is -0.419. The van der Waals surface area contributed by atoms with Gasteiger partial charge in [-0.2, -0.15) is 0 Å². The van der Waals surface area contributed by atoms with E-state index in [1.165, 1.54) is 12.0 Å².